The number of rotatable bonds is 4. The van der Waals surface area contributed by atoms with E-state index in [0.29, 0.717) is 0 Å². The minimum absolute atomic E-state index is 0.139. The summed E-state index contributed by atoms with van der Waals surface area (Å²) in [4.78, 5) is 20.7. The Hall–Kier alpha value is -1.91. The van der Waals surface area contributed by atoms with Gasteiger partial charge in [0.1, 0.15) is 5.70 Å². The van der Waals surface area contributed by atoms with Crippen molar-refractivity contribution in [1.82, 2.24) is 5.32 Å². The van der Waals surface area contributed by atoms with Gasteiger partial charge < -0.3 is 5.32 Å². The SMILES string of the molecule is C=C/C(=C(\C=C/C)NC(C)=O)[N+](=O)[O-].CC. The van der Waals surface area contributed by atoms with Crippen molar-refractivity contribution in [3.8, 4) is 0 Å². The lowest BCUT2D eigenvalue weighted by Crippen LogP contribution is -2.21. The van der Waals surface area contributed by atoms with Gasteiger partial charge >= 0.3 is 0 Å². The zero-order valence-corrected chi connectivity index (χ0v) is 10.1. The third kappa shape index (κ3) is 6.53. The van der Waals surface area contributed by atoms with Crippen LogP contribution in [0.1, 0.15) is 27.7 Å². The molecule has 0 aromatic heterocycles. The highest BCUT2D eigenvalue weighted by atomic mass is 16.6. The van der Waals surface area contributed by atoms with Crippen LogP contribution in [0.5, 0.6) is 0 Å². The molecule has 1 N–H and O–H groups in total. The molecule has 0 aromatic carbocycles. The fourth-order valence-corrected chi connectivity index (χ4v) is 0.830. The third-order valence-corrected chi connectivity index (χ3v) is 1.31. The molecule has 0 saturated carbocycles. The van der Waals surface area contributed by atoms with E-state index in [1.807, 2.05) is 13.8 Å². The first kappa shape index (κ1) is 16.5. The van der Waals surface area contributed by atoms with E-state index in [2.05, 4.69) is 11.9 Å². The number of nitrogens with one attached hydrogen (secondary N) is 1. The molecule has 5 heteroatoms. The second-order valence-electron chi connectivity index (χ2n) is 2.44. The maximum Gasteiger partial charge on any atom is 0.292 e. The highest BCUT2D eigenvalue weighted by Gasteiger charge is 2.12. The van der Waals surface area contributed by atoms with Crippen molar-refractivity contribution in [2.75, 3.05) is 0 Å². The molecule has 16 heavy (non-hydrogen) atoms. The summed E-state index contributed by atoms with van der Waals surface area (Å²) < 4.78 is 0. The van der Waals surface area contributed by atoms with Gasteiger partial charge in [0.15, 0.2) is 0 Å². The van der Waals surface area contributed by atoms with E-state index in [1.165, 1.54) is 13.0 Å². The number of carbonyl (C=O) groups is 1. The molecular formula is C11H18N2O3. The van der Waals surface area contributed by atoms with Gasteiger partial charge in [-0.1, -0.05) is 26.5 Å². The van der Waals surface area contributed by atoms with E-state index < -0.39 is 4.92 Å². The van der Waals surface area contributed by atoms with Crippen molar-refractivity contribution in [2.24, 2.45) is 0 Å². The van der Waals surface area contributed by atoms with Crippen molar-refractivity contribution in [1.29, 1.82) is 0 Å². The minimum atomic E-state index is -0.599. The van der Waals surface area contributed by atoms with Gasteiger partial charge in [-0.2, -0.15) is 0 Å². The molecule has 0 heterocycles. The van der Waals surface area contributed by atoms with Gasteiger partial charge in [-0.15, -0.1) is 0 Å². The summed E-state index contributed by atoms with van der Waals surface area (Å²) in [7, 11) is 0. The summed E-state index contributed by atoms with van der Waals surface area (Å²) in [6.45, 7) is 10.3. The van der Waals surface area contributed by atoms with Crippen molar-refractivity contribution in [2.45, 2.75) is 27.7 Å². The number of hydrogen-bond acceptors (Lipinski definition) is 3. The van der Waals surface area contributed by atoms with Crippen LogP contribution in [0.15, 0.2) is 36.2 Å². The smallest absolute Gasteiger partial charge is 0.292 e. The van der Waals surface area contributed by atoms with Crippen LogP contribution >= 0.6 is 0 Å². The third-order valence-electron chi connectivity index (χ3n) is 1.31. The molecule has 5 nitrogen and oxygen atoms in total. The maximum atomic E-state index is 10.7. The Morgan fingerprint density at radius 3 is 2.19 bits per heavy atom. The standard InChI is InChI=1S/C9H12N2O3.C2H6/c1-4-6-8(10-7(3)12)9(5-2)11(13)14;1-2/h4-6H,2H2,1,3H3,(H,10,12);1-2H3/b6-4-,9-8-;. The quantitative estimate of drug-likeness (QED) is 0.454. The van der Waals surface area contributed by atoms with Gasteiger partial charge in [0, 0.05) is 13.0 Å². The van der Waals surface area contributed by atoms with Gasteiger partial charge in [0.25, 0.3) is 5.70 Å². The van der Waals surface area contributed by atoms with Crippen LogP contribution in [-0.4, -0.2) is 10.8 Å². The molecule has 0 bridgehead atoms. The summed E-state index contributed by atoms with van der Waals surface area (Å²) >= 11 is 0. The monoisotopic (exact) mass is 226 g/mol. The number of hydrogen-bond donors (Lipinski definition) is 1. The molecule has 0 saturated heterocycles. The highest BCUT2D eigenvalue weighted by Crippen LogP contribution is 2.05. The van der Waals surface area contributed by atoms with E-state index in [4.69, 9.17) is 0 Å². The summed E-state index contributed by atoms with van der Waals surface area (Å²) in [5.41, 5.74) is -0.0849. The number of nitrogens with zero attached hydrogens (tertiary/aromatic N) is 1. The van der Waals surface area contributed by atoms with E-state index in [9.17, 15) is 14.9 Å². The average molecular weight is 226 g/mol. The highest BCUT2D eigenvalue weighted by molar-refractivity contribution is 5.75. The Labute approximate surface area is 95.7 Å². The molecule has 0 aliphatic rings. The predicted molar refractivity (Wildman–Crippen MR) is 64.2 cm³/mol. The van der Waals surface area contributed by atoms with Gasteiger partial charge in [0.05, 0.1) is 4.92 Å². The molecule has 0 aliphatic heterocycles. The molecule has 0 spiro atoms. The molecule has 1 amide bonds. The Morgan fingerprint density at radius 2 is 1.94 bits per heavy atom. The van der Waals surface area contributed by atoms with Crippen molar-refractivity contribution >= 4 is 5.91 Å². The summed E-state index contributed by atoms with van der Waals surface area (Å²) in [5.74, 6) is -0.362. The minimum Gasteiger partial charge on any atom is -0.321 e. The van der Waals surface area contributed by atoms with Crippen LogP contribution in [0, 0.1) is 10.1 Å². The van der Waals surface area contributed by atoms with Crippen molar-refractivity contribution < 1.29 is 9.72 Å². The summed E-state index contributed by atoms with van der Waals surface area (Å²) in [6, 6.07) is 0. The van der Waals surface area contributed by atoms with Crippen LogP contribution in [-0.2, 0) is 4.79 Å². The zero-order chi connectivity index (χ0) is 13.1. The maximum absolute atomic E-state index is 10.7. The molecule has 0 atom stereocenters. The second kappa shape index (κ2) is 9.64. The van der Waals surface area contributed by atoms with Gasteiger partial charge in [0.2, 0.25) is 5.91 Å². The first-order chi connectivity index (χ1) is 7.52. The van der Waals surface area contributed by atoms with Crippen LogP contribution in [0.25, 0.3) is 0 Å². The molecule has 0 unspecified atom stereocenters. The topological polar surface area (TPSA) is 72.2 Å². The van der Waals surface area contributed by atoms with Crippen molar-refractivity contribution in [3.05, 3.63) is 46.3 Å². The Bertz CT molecular complexity index is 317. The van der Waals surface area contributed by atoms with E-state index in [1.54, 1.807) is 13.0 Å². The first-order valence-corrected chi connectivity index (χ1v) is 4.94. The lowest BCUT2D eigenvalue weighted by molar-refractivity contribution is -0.420. The summed E-state index contributed by atoms with van der Waals surface area (Å²) in [5, 5.41) is 12.9. The number of nitro groups is 1. The number of carbonyl (C=O) groups excluding carboxylic acids is 1. The second-order valence-corrected chi connectivity index (χ2v) is 2.44. The van der Waals surface area contributed by atoms with E-state index >= 15 is 0 Å². The number of allylic oxidation sites excluding steroid dienone is 3. The van der Waals surface area contributed by atoms with Crippen LogP contribution in [0.3, 0.4) is 0 Å². The lowest BCUT2D eigenvalue weighted by atomic mass is 10.3. The summed E-state index contributed by atoms with van der Waals surface area (Å²) in [6.07, 6.45) is 4.13. The van der Waals surface area contributed by atoms with Gasteiger partial charge in [-0.25, -0.2) is 0 Å². The normalized spacial score (nSPS) is 11.0. The van der Waals surface area contributed by atoms with E-state index in [0.717, 1.165) is 6.08 Å². The molecule has 90 valence electrons. The molecule has 0 radical (unpaired) electrons. The predicted octanol–water partition coefficient (Wildman–Crippen LogP) is 2.40. The Kier molecular flexibility index (Phi) is 9.95. The molecule has 0 aliphatic carbocycles. The van der Waals surface area contributed by atoms with Crippen LogP contribution in [0.2, 0.25) is 0 Å². The molecule has 0 aromatic rings. The lowest BCUT2D eigenvalue weighted by Gasteiger charge is -2.02. The van der Waals surface area contributed by atoms with Crippen LogP contribution in [0.4, 0.5) is 0 Å². The van der Waals surface area contributed by atoms with Crippen molar-refractivity contribution in [3.63, 3.8) is 0 Å². The van der Waals surface area contributed by atoms with E-state index in [-0.39, 0.29) is 17.3 Å². The first-order valence-electron chi connectivity index (χ1n) is 4.94. The molecule has 0 rings (SSSR count). The van der Waals surface area contributed by atoms with Gasteiger partial charge in [-0.05, 0) is 13.0 Å². The Balaban J connectivity index is 0. The number of amides is 1. The largest absolute Gasteiger partial charge is 0.321 e. The molecular weight excluding hydrogens is 208 g/mol. The fourth-order valence-electron chi connectivity index (χ4n) is 0.830. The fraction of sp³-hybridized carbons (Fsp3) is 0.364. The average Bonchev–Trinajstić information content (AvgIpc) is 2.20. The van der Waals surface area contributed by atoms with Crippen LogP contribution < -0.4 is 5.32 Å². The molecule has 0 fully saturated rings. The Morgan fingerprint density at radius 1 is 1.44 bits per heavy atom. The zero-order valence-electron chi connectivity index (χ0n) is 10.1. The van der Waals surface area contributed by atoms with Gasteiger partial charge in [-0.3, -0.25) is 14.9 Å².